The van der Waals surface area contributed by atoms with Gasteiger partial charge < -0.3 is 24.3 Å². The Hall–Kier alpha value is -3.72. The summed E-state index contributed by atoms with van der Waals surface area (Å²) >= 11 is 0. The molecule has 0 aliphatic carbocycles. The summed E-state index contributed by atoms with van der Waals surface area (Å²) in [7, 11) is 1.63. The Morgan fingerprint density at radius 2 is 1.86 bits per heavy atom. The molecule has 3 heterocycles. The molecule has 3 aromatic rings. The van der Waals surface area contributed by atoms with Crippen LogP contribution in [0.4, 0.5) is 10.1 Å². The lowest BCUT2D eigenvalue weighted by atomic mass is 9.95. The number of benzene rings is 2. The van der Waals surface area contributed by atoms with Crippen LogP contribution < -0.4 is 10.1 Å². The van der Waals surface area contributed by atoms with E-state index in [4.69, 9.17) is 9.47 Å². The van der Waals surface area contributed by atoms with Gasteiger partial charge >= 0.3 is 0 Å². The summed E-state index contributed by atoms with van der Waals surface area (Å²) in [6.07, 6.45) is 2.58. The van der Waals surface area contributed by atoms with Crippen LogP contribution >= 0.6 is 0 Å². The van der Waals surface area contributed by atoms with Gasteiger partial charge in [0.15, 0.2) is 5.69 Å². The van der Waals surface area contributed by atoms with Crippen LogP contribution in [-0.2, 0) is 22.7 Å². The summed E-state index contributed by atoms with van der Waals surface area (Å²) in [4.78, 5) is 31.9. The SMILES string of the molecule is COc1ccc(C2Cn3cnc(C(=O)N4CCC(C(=O)Nc5ccccc5F)CC4)c3CO2)cc1. The lowest BCUT2D eigenvalue weighted by Gasteiger charge is -2.31. The van der Waals surface area contributed by atoms with Crippen LogP contribution in [0.5, 0.6) is 5.75 Å². The second-order valence-electron chi connectivity index (χ2n) is 8.80. The normalized spacial score (nSPS) is 18.1. The van der Waals surface area contributed by atoms with E-state index < -0.39 is 5.82 Å². The highest BCUT2D eigenvalue weighted by Crippen LogP contribution is 2.30. The van der Waals surface area contributed by atoms with Gasteiger partial charge in [-0.05, 0) is 42.7 Å². The van der Waals surface area contributed by atoms with E-state index in [1.165, 1.54) is 12.1 Å². The lowest BCUT2D eigenvalue weighted by molar-refractivity contribution is -0.121. The third kappa shape index (κ3) is 4.77. The van der Waals surface area contributed by atoms with E-state index in [1.54, 1.807) is 30.5 Å². The number of rotatable bonds is 5. The van der Waals surface area contributed by atoms with Gasteiger partial charge in [0.1, 0.15) is 17.7 Å². The van der Waals surface area contributed by atoms with Gasteiger partial charge in [-0.15, -0.1) is 0 Å². The van der Waals surface area contributed by atoms with Crippen LogP contribution in [0.1, 0.15) is 40.7 Å². The predicted octanol–water partition coefficient (Wildman–Crippen LogP) is 3.79. The molecule has 2 aromatic carbocycles. The maximum atomic E-state index is 13.8. The van der Waals surface area contributed by atoms with E-state index in [1.807, 2.05) is 28.8 Å². The first kappa shape index (κ1) is 23.0. The molecule has 182 valence electrons. The molecule has 1 saturated heterocycles. The molecule has 0 bridgehead atoms. The Bertz CT molecular complexity index is 1220. The summed E-state index contributed by atoms with van der Waals surface area (Å²) in [6, 6.07) is 13.9. The molecule has 1 atom stereocenters. The third-order valence-corrected chi connectivity index (χ3v) is 6.70. The number of amides is 2. The second-order valence-corrected chi connectivity index (χ2v) is 8.80. The molecule has 1 unspecified atom stereocenters. The summed E-state index contributed by atoms with van der Waals surface area (Å²) in [5, 5.41) is 2.66. The standard InChI is InChI=1S/C26H27FN4O4/c1-34-19-8-6-17(7-9-19)23-14-31-16-28-24(22(31)15-35-23)26(33)30-12-10-18(11-13-30)25(32)29-21-5-3-2-4-20(21)27/h2-9,16,18,23H,10-15H2,1H3,(H,29,32). The van der Waals surface area contributed by atoms with Crippen molar-refractivity contribution in [1.29, 1.82) is 0 Å². The highest BCUT2D eigenvalue weighted by atomic mass is 19.1. The molecular weight excluding hydrogens is 451 g/mol. The summed E-state index contributed by atoms with van der Waals surface area (Å²) < 4.78 is 27.1. The third-order valence-electron chi connectivity index (χ3n) is 6.70. The fourth-order valence-corrected chi connectivity index (χ4v) is 4.62. The Balaban J connectivity index is 1.19. The molecule has 0 spiro atoms. The first-order valence-corrected chi connectivity index (χ1v) is 11.7. The van der Waals surface area contributed by atoms with E-state index in [0.717, 1.165) is 17.0 Å². The average Bonchev–Trinajstić information content (AvgIpc) is 3.33. The van der Waals surface area contributed by atoms with Crippen molar-refractivity contribution in [1.82, 2.24) is 14.5 Å². The van der Waals surface area contributed by atoms with Crippen molar-refractivity contribution in [2.24, 2.45) is 5.92 Å². The van der Waals surface area contributed by atoms with Crippen molar-refractivity contribution < 1.29 is 23.5 Å². The number of para-hydroxylation sites is 1. The molecule has 35 heavy (non-hydrogen) atoms. The van der Waals surface area contributed by atoms with Gasteiger partial charge in [-0.1, -0.05) is 24.3 Å². The molecule has 8 nitrogen and oxygen atoms in total. The second kappa shape index (κ2) is 9.87. The number of nitrogens with one attached hydrogen (secondary N) is 1. The van der Waals surface area contributed by atoms with Crippen molar-refractivity contribution >= 4 is 17.5 Å². The topological polar surface area (TPSA) is 85.7 Å². The van der Waals surface area contributed by atoms with Gasteiger partial charge in [0.2, 0.25) is 5.91 Å². The van der Waals surface area contributed by atoms with E-state index in [0.29, 0.717) is 44.8 Å². The van der Waals surface area contributed by atoms with Crippen molar-refractivity contribution in [3.63, 3.8) is 0 Å². The number of anilines is 1. The van der Waals surface area contributed by atoms with Gasteiger partial charge in [0, 0.05) is 19.0 Å². The van der Waals surface area contributed by atoms with E-state index in [-0.39, 0.29) is 29.5 Å². The van der Waals surface area contributed by atoms with Gasteiger partial charge in [0.05, 0.1) is 38.0 Å². The smallest absolute Gasteiger partial charge is 0.274 e. The number of imidazole rings is 1. The van der Waals surface area contributed by atoms with Crippen LogP contribution in [0.3, 0.4) is 0 Å². The Labute approximate surface area is 202 Å². The average molecular weight is 479 g/mol. The number of methoxy groups -OCH3 is 1. The molecule has 0 saturated carbocycles. The molecule has 2 aliphatic rings. The minimum absolute atomic E-state index is 0.130. The van der Waals surface area contributed by atoms with E-state index >= 15 is 0 Å². The highest BCUT2D eigenvalue weighted by Gasteiger charge is 2.32. The van der Waals surface area contributed by atoms with Crippen molar-refractivity contribution in [2.75, 3.05) is 25.5 Å². The summed E-state index contributed by atoms with van der Waals surface area (Å²) in [5.74, 6) is -0.329. The maximum Gasteiger partial charge on any atom is 0.274 e. The molecule has 2 amide bonds. The fourth-order valence-electron chi connectivity index (χ4n) is 4.62. The van der Waals surface area contributed by atoms with Crippen molar-refractivity contribution in [3.05, 3.63) is 77.6 Å². The van der Waals surface area contributed by atoms with E-state index in [9.17, 15) is 14.0 Å². The number of fused-ring (bicyclic) bond motifs is 1. The summed E-state index contributed by atoms with van der Waals surface area (Å²) in [6.45, 7) is 1.74. The van der Waals surface area contributed by atoms with Crippen LogP contribution in [0.15, 0.2) is 54.9 Å². The van der Waals surface area contributed by atoms with E-state index in [2.05, 4.69) is 10.3 Å². The zero-order valence-corrected chi connectivity index (χ0v) is 19.4. The highest BCUT2D eigenvalue weighted by molar-refractivity contribution is 5.95. The molecule has 2 aliphatic heterocycles. The van der Waals surface area contributed by atoms with Crippen LogP contribution in [0, 0.1) is 11.7 Å². The van der Waals surface area contributed by atoms with Gasteiger partial charge in [-0.3, -0.25) is 9.59 Å². The van der Waals surface area contributed by atoms with Crippen molar-refractivity contribution in [3.8, 4) is 5.75 Å². The zero-order chi connectivity index (χ0) is 24.4. The van der Waals surface area contributed by atoms with Gasteiger partial charge in [-0.25, -0.2) is 9.37 Å². The maximum absolute atomic E-state index is 13.8. The monoisotopic (exact) mass is 478 g/mol. The molecule has 5 rings (SSSR count). The number of hydrogen-bond acceptors (Lipinski definition) is 5. The first-order valence-electron chi connectivity index (χ1n) is 11.7. The number of likely N-dealkylation sites (tertiary alicyclic amines) is 1. The Morgan fingerprint density at radius 3 is 2.57 bits per heavy atom. The lowest BCUT2D eigenvalue weighted by Crippen LogP contribution is -2.42. The van der Waals surface area contributed by atoms with Gasteiger partial charge in [-0.2, -0.15) is 0 Å². The Morgan fingerprint density at radius 1 is 1.11 bits per heavy atom. The molecule has 9 heteroatoms. The minimum atomic E-state index is -0.463. The number of piperidine rings is 1. The van der Waals surface area contributed by atoms with Crippen LogP contribution in [0.2, 0.25) is 0 Å². The van der Waals surface area contributed by atoms with Crippen molar-refractivity contribution in [2.45, 2.75) is 32.1 Å². The number of hydrogen-bond donors (Lipinski definition) is 1. The Kier molecular flexibility index (Phi) is 6.50. The number of halogens is 1. The number of aromatic nitrogens is 2. The number of carbonyl (C=O) groups excluding carboxylic acids is 2. The van der Waals surface area contributed by atoms with Crippen LogP contribution in [0.25, 0.3) is 0 Å². The molecule has 1 fully saturated rings. The summed E-state index contributed by atoms with van der Waals surface area (Å²) in [5.41, 5.74) is 2.37. The number of ether oxygens (including phenoxy) is 2. The predicted molar refractivity (Wildman–Crippen MR) is 126 cm³/mol. The minimum Gasteiger partial charge on any atom is -0.497 e. The quantitative estimate of drug-likeness (QED) is 0.603. The number of nitrogens with zero attached hydrogens (tertiary/aromatic N) is 3. The molecule has 0 radical (unpaired) electrons. The largest absolute Gasteiger partial charge is 0.497 e. The first-order chi connectivity index (χ1) is 17.0. The number of carbonyl (C=O) groups is 2. The fraction of sp³-hybridized carbons (Fsp3) is 0.346. The van der Waals surface area contributed by atoms with Gasteiger partial charge in [0.25, 0.3) is 5.91 Å². The molecular formula is C26H27FN4O4. The molecule has 1 aromatic heterocycles. The molecule has 1 N–H and O–H groups in total. The zero-order valence-electron chi connectivity index (χ0n) is 19.4. The van der Waals surface area contributed by atoms with Crippen LogP contribution in [-0.4, -0.2) is 46.5 Å².